The van der Waals surface area contributed by atoms with Gasteiger partial charge in [0.2, 0.25) is 5.91 Å². The van der Waals surface area contributed by atoms with Crippen LogP contribution < -0.4 is 5.32 Å². The van der Waals surface area contributed by atoms with Gasteiger partial charge >= 0.3 is 0 Å². The van der Waals surface area contributed by atoms with Gasteiger partial charge in [-0.15, -0.1) is 0 Å². The van der Waals surface area contributed by atoms with Crippen LogP contribution in [0.4, 0.5) is 5.69 Å². The summed E-state index contributed by atoms with van der Waals surface area (Å²) < 4.78 is 0. The Morgan fingerprint density at radius 2 is 2.04 bits per heavy atom. The highest BCUT2D eigenvalue weighted by Gasteiger charge is 2.30. The summed E-state index contributed by atoms with van der Waals surface area (Å²) in [6.07, 6.45) is 6.82. The van der Waals surface area contributed by atoms with Gasteiger partial charge in [-0.2, -0.15) is 0 Å². The lowest BCUT2D eigenvalue weighted by atomic mass is 10.1. The van der Waals surface area contributed by atoms with E-state index in [4.69, 9.17) is 0 Å². The van der Waals surface area contributed by atoms with Crippen LogP contribution in [0.15, 0.2) is 24.3 Å². The molecule has 2 aliphatic rings. The van der Waals surface area contributed by atoms with Gasteiger partial charge in [-0.1, -0.05) is 25.5 Å². The summed E-state index contributed by atoms with van der Waals surface area (Å²) in [5, 5.41) is 3.04. The van der Waals surface area contributed by atoms with Crippen LogP contribution in [0.1, 0.15) is 44.6 Å². The van der Waals surface area contributed by atoms with Gasteiger partial charge in [0.25, 0.3) is 0 Å². The van der Waals surface area contributed by atoms with E-state index in [9.17, 15) is 4.79 Å². The van der Waals surface area contributed by atoms with Gasteiger partial charge in [0.15, 0.2) is 0 Å². The SMILES string of the molecule is CCCCc1ccc(NC(=O)CCN2CCN3CCC[C@@H]3C2)cc1. The largest absolute Gasteiger partial charge is 0.326 e. The number of nitrogens with zero attached hydrogens (tertiary/aromatic N) is 2. The van der Waals surface area contributed by atoms with Gasteiger partial charge in [-0.3, -0.25) is 14.6 Å². The number of hydrogen-bond donors (Lipinski definition) is 1. The normalized spacial score (nSPS) is 21.6. The molecule has 24 heavy (non-hydrogen) atoms. The standard InChI is InChI=1S/C20H31N3O/c1-2-3-5-17-7-9-18(10-8-17)21-20(24)11-13-22-14-15-23-12-4-6-19(23)16-22/h7-10,19H,2-6,11-16H2,1H3,(H,21,24)/t19-/m1/s1. The van der Waals surface area contributed by atoms with E-state index < -0.39 is 0 Å². The van der Waals surface area contributed by atoms with Crippen molar-refractivity contribution in [3.8, 4) is 0 Å². The quantitative estimate of drug-likeness (QED) is 0.835. The Morgan fingerprint density at radius 3 is 2.83 bits per heavy atom. The molecule has 0 spiro atoms. The van der Waals surface area contributed by atoms with Crippen molar-refractivity contribution in [3.63, 3.8) is 0 Å². The molecule has 132 valence electrons. The predicted molar refractivity (Wildman–Crippen MR) is 99.3 cm³/mol. The summed E-state index contributed by atoms with van der Waals surface area (Å²) in [5.41, 5.74) is 2.27. The van der Waals surface area contributed by atoms with E-state index in [2.05, 4.69) is 34.2 Å². The van der Waals surface area contributed by atoms with Gasteiger partial charge in [0, 0.05) is 44.3 Å². The third kappa shape index (κ3) is 4.81. The molecule has 0 aromatic heterocycles. The Bertz CT molecular complexity index is 528. The van der Waals surface area contributed by atoms with Crippen LogP contribution in [-0.4, -0.2) is 54.5 Å². The molecule has 2 fully saturated rings. The summed E-state index contributed by atoms with van der Waals surface area (Å²) >= 11 is 0. The van der Waals surface area contributed by atoms with Gasteiger partial charge in [0.1, 0.15) is 0 Å². The van der Waals surface area contributed by atoms with E-state index in [1.807, 2.05) is 12.1 Å². The molecule has 3 rings (SSSR count). The highest BCUT2D eigenvalue weighted by atomic mass is 16.1. The van der Waals surface area contributed by atoms with Crippen LogP contribution >= 0.6 is 0 Å². The number of hydrogen-bond acceptors (Lipinski definition) is 3. The molecule has 2 heterocycles. The molecule has 4 nitrogen and oxygen atoms in total. The minimum absolute atomic E-state index is 0.130. The number of nitrogens with one attached hydrogen (secondary N) is 1. The second-order valence-corrected chi connectivity index (χ2v) is 7.23. The first-order valence-electron chi connectivity index (χ1n) is 9.60. The first-order valence-corrected chi connectivity index (χ1v) is 9.60. The van der Waals surface area contributed by atoms with Crippen LogP contribution in [0, 0.1) is 0 Å². The lowest BCUT2D eigenvalue weighted by Gasteiger charge is -2.37. The van der Waals surface area contributed by atoms with E-state index in [0.29, 0.717) is 6.42 Å². The Hall–Kier alpha value is -1.39. The zero-order chi connectivity index (χ0) is 16.8. The molecule has 1 N–H and O–H groups in total. The van der Waals surface area contributed by atoms with Crippen LogP contribution in [0.2, 0.25) is 0 Å². The first kappa shape index (κ1) is 17.4. The maximum absolute atomic E-state index is 12.2. The second-order valence-electron chi connectivity index (χ2n) is 7.23. The molecule has 4 heteroatoms. The molecule has 1 aromatic rings. The molecule has 0 unspecified atom stereocenters. The van der Waals surface area contributed by atoms with E-state index >= 15 is 0 Å². The fourth-order valence-corrected chi connectivity index (χ4v) is 3.88. The van der Waals surface area contributed by atoms with E-state index in [1.54, 1.807) is 0 Å². The smallest absolute Gasteiger partial charge is 0.225 e. The third-order valence-corrected chi connectivity index (χ3v) is 5.38. The number of piperazine rings is 1. The van der Waals surface area contributed by atoms with E-state index in [0.717, 1.165) is 37.8 Å². The van der Waals surface area contributed by atoms with Crippen molar-refractivity contribution in [2.45, 2.75) is 51.5 Å². The van der Waals surface area contributed by atoms with Gasteiger partial charge in [0.05, 0.1) is 0 Å². The number of carbonyl (C=O) groups excluding carboxylic acids is 1. The van der Waals surface area contributed by atoms with Crippen molar-refractivity contribution in [3.05, 3.63) is 29.8 Å². The average Bonchev–Trinajstić information content (AvgIpc) is 3.07. The average molecular weight is 329 g/mol. The highest BCUT2D eigenvalue weighted by molar-refractivity contribution is 5.90. The zero-order valence-corrected chi connectivity index (χ0v) is 15.0. The Labute approximate surface area is 146 Å². The summed E-state index contributed by atoms with van der Waals surface area (Å²) in [5.74, 6) is 0.130. The van der Waals surface area contributed by atoms with Crippen molar-refractivity contribution in [2.24, 2.45) is 0 Å². The van der Waals surface area contributed by atoms with Crippen molar-refractivity contribution in [1.82, 2.24) is 9.80 Å². The fraction of sp³-hybridized carbons (Fsp3) is 0.650. The maximum atomic E-state index is 12.2. The minimum Gasteiger partial charge on any atom is -0.326 e. The number of unbranched alkanes of at least 4 members (excludes halogenated alkanes) is 1. The zero-order valence-electron chi connectivity index (χ0n) is 15.0. The van der Waals surface area contributed by atoms with Gasteiger partial charge < -0.3 is 5.32 Å². The molecule has 2 saturated heterocycles. The van der Waals surface area contributed by atoms with Crippen molar-refractivity contribution in [2.75, 3.05) is 38.0 Å². The minimum atomic E-state index is 0.130. The Kier molecular flexibility index (Phi) is 6.27. The molecule has 2 aliphatic heterocycles. The third-order valence-electron chi connectivity index (χ3n) is 5.38. The van der Waals surface area contributed by atoms with Crippen LogP contribution in [0.3, 0.4) is 0 Å². The number of carbonyl (C=O) groups is 1. The van der Waals surface area contributed by atoms with Gasteiger partial charge in [-0.25, -0.2) is 0 Å². The number of aryl methyl sites for hydroxylation is 1. The van der Waals surface area contributed by atoms with Crippen molar-refractivity contribution >= 4 is 11.6 Å². The summed E-state index contributed by atoms with van der Waals surface area (Å²) in [6.45, 7) is 7.78. The summed E-state index contributed by atoms with van der Waals surface area (Å²) in [6, 6.07) is 9.05. The molecule has 1 aromatic carbocycles. The Balaban J connectivity index is 1.39. The lowest BCUT2D eigenvalue weighted by molar-refractivity contribution is -0.116. The monoisotopic (exact) mass is 329 g/mol. The number of anilines is 1. The highest BCUT2D eigenvalue weighted by Crippen LogP contribution is 2.21. The maximum Gasteiger partial charge on any atom is 0.225 e. The first-order chi connectivity index (χ1) is 11.7. The Morgan fingerprint density at radius 1 is 1.21 bits per heavy atom. The lowest BCUT2D eigenvalue weighted by Crippen LogP contribution is -2.50. The molecule has 0 radical (unpaired) electrons. The molecule has 0 saturated carbocycles. The van der Waals surface area contributed by atoms with Crippen molar-refractivity contribution < 1.29 is 4.79 Å². The van der Waals surface area contributed by atoms with Gasteiger partial charge in [-0.05, 0) is 49.9 Å². The summed E-state index contributed by atoms with van der Waals surface area (Å²) in [4.78, 5) is 17.3. The van der Waals surface area contributed by atoms with Crippen molar-refractivity contribution in [1.29, 1.82) is 0 Å². The van der Waals surface area contributed by atoms with Crippen LogP contribution in [-0.2, 0) is 11.2 Å². The van der Waals surface area contributed by atoms with E-state index in [-0.39, 0.29) is 5.91 Å². The molecular weight excluding hydrogens is 298 g/mol. The van der Waals surface area contributed by atoms with E-state index in [1.165, 1.54) is 44.3 Å². The fourth-order valence-electron chi connectivity index (χ4n) is 3.88. The van der Waals surface area contributed by atoms with Crippen LogP contribution in [0.25, 0.3) is 0 Å². The number of benzene rings is 1. The second kappa shape index (κ2) is 8.63. The summed E-state index contributed by atoms with van der Waals surface area (Å²) in [7, 11) is 0. The predicted octanol–water partition coefficient (Wildman–Crippen LogP) is 3.14. The number of rotatable bonds is 7. The van der Waals surface area contributed by atoms with Crippen LogP contribution in [0.5, 0.6) is 0 Å². The molecule has 0 bridgehead atoms. The molecule has 1 atom stereocenters. The number of fused-ring (bicyclic) bond motifs is 1. The molecule has 0 aliphatic carbocycles. The molecular formula is C20H31N3O. The number of amides is 1. The topological polar surface area (TPSA) is 35.6 Å². The molecule has 1 amide bonds.